The molecular formula is C17H23N2O3-. The van der Waals surface area contributed by atoms with Crippen molar-refractivity contribution >= 4 is 17.7 Å². The standard InChI is InChI=1S/C17H24N2O3/c1-11-9-14(11)15(20)19-13-7-5-12(6-8-13)10-18-16(21)22-17(2,3)4/h5-8,11,14H,9-10H2,1-4H3,(H,18,21)(H,19,20)/p-1/t11-,14-/m1/s1. The molecule has 1 fully saturated rings. The van der Waals surface area contributed by atoms with Gasteiger partial charge in [0.25, 0.3) is 0 Å². The van der Waals surface area contributed by atoms with Crippen LogP contribution in [0, 0.1) is 11.8 Å². The maximum atomic E-state index is 11.8. The van der Waals surface area contributed by atoms with Gasteiger partial charge in [0, 0.05) is 17.2 Å². The van der Waals surface area contributed by atoms with Crippen molar-refractivity contribution in [3.8, 4) is 0 Å². The molecule has 0 spiro atoms. The van der Waals surface area contributed by atoms with E-state index in [1.165, 1.54) is 0 Å². The lowest BCUT2D eigenvalue weighted by molar-refractivity contribution is -0.260. The van der Waals surface area contributed by atoms with Crippen molar-refractivity contribution in [3.05, 3.63) is 29.8 Å². The summed E-state index contributed by atoms with van der Waals surface area (Å²) in [6, 6.07) is 7.34. The minimum Gasteiger partial charge on any atom is -0.595 e. The molecule has 0 saturated heterocycles. The van der Waals surface area contributed by atoms with Gasteiger partial charge in [-0.15, -0.1) is 0 Å². The lowest BCUT2D eigenvalue weighted by atomic mass is 10.2. The van der Waals surface area contributed by atoms with Gasteiger partial charge in [-0.1, -0.05) is 39.8 Å². The van der Waals surface area contributed by atoms with Crippen LogP contribution in [0.1, 0.15) is 39.7 Å². The average Bonchev–Trinajstić information content (AvgIpc) is 3.13. The Morgan fingerprint density at radius 3 is 2.45 bits per heavy atom. The number of ether oxygens (including phenoxy) is 1. The lowest BCUT2D eigenvalue weighted by Crippen LogP contribution is -2.31. The van der Waals surface area contributed by atoms with Gasteiger partial charge in [-0.3, -0.25) is 9.79 Å². The first-order valence-electron chi connectivity index (χ1n) is 7.55. The van der Waals surface area contributed by atoms with Gasteiger partial charge < -0.3 is 15.2 Å². The Morgan fingerprint density at radius 1 is 1.36 bits per heavy atom. The minimum atomic E-state index is -0.562. The van der Waals surface area contributed by atoms with Crippen molar-refractivity contribution in [2.24, 2.45) is 16.8 Å². The fraction of sp³-hybridized carbons (Fsp3) is 0.529. The summed E-state index contributed by atoms with van der Waals surface area (Å²) in [4.78, 5) is 15.7. The largest absolute Gasteiger partial charge is 0.595 e. The molecule has 1 aliphatic rings. The van der Waals surface area contributed by atoms with E-state index in [2.05, 4.69) is 17.2 Å². The van der Waals surface area contributed by atoms with Crippen LogP contribution >= 0.6 is 0 Å². The zero-order valence-corrected chi connectivity index (χ0v) is 13.6. The van der Waals surface area contributed by atoms with Crippen LogP contribution in [-0.4, -0.2) is 17.6 Å². The van der Waals surface area contributed by atoms with Crippen LogP contribution in [0.5, 0.6) is 0 Å². The van der Waals surface area contributed by atoms with Crippen molar-refractivity contribution in [3.63, 3.8) is 0 Å². The summed E-state index contributed by atoms with van der Waals surface area (Å²) in [5.74, 6) is 0.729. The normalized spacial score (nSPS) is 21.4. The molecule has 5 nitrogen and oxygen atoms in total. The number of hydrogen-bond donors (Lipinski definition) is 1. The van der Waals surface area contributed by atoms with Crippen LogP contribution < -0.4 is 10.4 Å². The summed E-state index contributed by atoms with van der Waals surface area (Å²) in [5.41, 5.74) is 1.13. The van der Waals surface area contributed by atoms with E-state index in [9.17, 15) is 9.90 Å². The highest BCUT2D eigenvalue weighted by Crippen LogP contribution is 2.38. The molecule has 0 aliphatic heterocycles. The molecule has 120 valence electrons. The molecule has 1 aromatic rings. The number of aliphatic imine (C=N–C) groups is 1. The summed E-state index contributed by atoms with van der Waals surface area (Å²) >= 11 is 0. The molecule has 1 amide bonds. The van der Waals surface area contributed by atoms with E-state index in [0.717, 1.165) is 17.7 Å². The van der Waals surface area contributed by atoms with Gasteiger partial charge >= 0.3 is 0 Å². The summed E-state index contributed by atoms with van der Waals surface area (Å²) in [7, 11) is 0. The number of carbonyl (C=O) groups excluding carboxylic acids is 1. The van der Waals surface area contributed by atoms with E-state index < -0.39 is 11.7 Å². The summed E-state index contributed by atoms with van der Waals surface area (Å²) in [6.45, 7) is 7.75. The van der Waals surface area contributed by atoms with Crippen molar-refractivity contribution < 1.29 is 14.6 Å². The molecule has 0 bridgehead atoms. The van der Waals surface area contributed by atoms with Gasteiger partial charge in [0.05, 0.1) is 6.54 Å². The van der Waals surface area contributed by atoms with Crippen LogP contribution in [0.3, 0.4) is 0 Å². The second kappa shape index (κ2) is 6.38. The number of anilines is 1. The number of rotatable bonds is 4. The molecule has 0 aromatic heterocycles. The van der Waals surface area contributed by atoms with Crippen molar-refractivity contribution in [1.29, 1.82) is 0 Å². The zero-order valence-electron chi connectivity index (χ0n) is 13.6. The predicted octanol–water partition coefficient (Wildman–Crippen LogP) is 2.31. The summed E-state index contributed by atoms with van der Waals surface area (Å²) in [6.07, 6.45) is 0.409. The van der Waals surface area contributed by atoms with Gasteiger partial charge in [0.2, 0.25) is 5.91 Å². The third-order valence-corrected chi connectivity index (χ3v) is 3.45. The molecule has 2 atom stereocenters. The van der Waals surface area contributed by atoms with Gasteiger partial charge in [0.15, 0.2) is 0 Å². The van der Waals surface area contributed by atoms with E-state index in [0.29, 0.717) is 5.92 Å². The lowest BCUT2D eigenvalue weighted by Gasteiger charge is -2.29. The molecule has 2 rings (SSSR count). The first-order valence-corrected chi connectivity index (χ1v) is 7.55. The third-order valence-electron chi connectivity index (χ3n) is 3.45. The highest BCUT2D eigenvalue weighted by Gasteiger charge is 2.38. The maximum Gasteiger partial charge on any atom is 0.227 e. The molecule has 0 radical (unpaired) electrons. The second-order valence-corrected chi connectivity index (χ2v) is 6.80. The number of nitrogens with zero attached hydrogens (tertiary/aromatic N) is 1. The molecular weight excluding hydrogens is 280 g/mol. The highest BCUT2D eigenvalue weighted by atomic mass is 16.6. The Morgan fingerprint density at radius 2 is 1.95 bits per heavy atom. The third kappa shape index (κ3) is 5.06. The Kier molecular flexibility index (Phi) is 4.74. The van der Waals surface area contributed by atoms with Crippen LogP contribution in [0.4, 0.5) is 5.69 Å². The second-order valence-electron chi connectivity index (χ2n) is 6.80. The van der Waals surface area contributed by atoms with E-state index >= 15 is 0 Å². The molecule has 1 aromatic carbocycles. The minimum absolute atomic E-state index is 0.0821. The topological polar surface area (TPSA) is 73.8 Å². The van der Waals surface area contributed by atoms with Crippen molar-refractivity contribution in [2.75, 3.05) is 5.32 Å². The quantitative estimate of drug-likeness (QED) is 0.685. The Bertz CT molecular complexity index is 558. The molecule has 1 N–H and O–H groups in total. The van der Waals surface area contributed by atoms with E-state index in [1.807, 2.05) is 24.3 Å². The van der Waals surface area contributed by atoms with Crippen LogP contribution in [0.2, 0.25) is 0 Å². The molecule has 22 heavy (non-hydrogen) atoms. The average molecular weight is 303 g/mol. The van der Waals surface area contributed by atoms with Crippen molar-refractivity contribution in [2.45, 2.75) is 46.3 Å². The van der Waals surface area contributed by atoms with E-state index in [4.69, 9.17) is 4.74 Å². The van der Waals surface area contributed by atoms with E-state index in [-0.39, 0.29) is 18.4 Å². The summed E-state index contributed by atoms with van der Waals surface area (Å²) in [5, 5.41) is 14.4. The van der Waals surface area contributed by atoms with Gasteiger partial charge in [-0.2, -0.15) is 0 Å². The van der Waals surface area contributed by atoms with Crippen molar-refractivity contribution in [1.82, 2.24) is 0 Å². The van der Waals surface area contributed by atoms with E-state index in [1.54, 1.807) is 20.8 Å². The van der Waals surface area contributed by atoms with Crippen LogP contribution in [-0.2, 0) is 16.1 Å². The molecule has 1 saturated carbocycles. The Hall–Kier alpha value is -2.04. The first kappa shape index (κ1) is 16.3. The molecule has 0 heterocycles. The van der Waals surface area contributed by atoms with Gasteiger partial charge in [-0.05, 0) is 30.0 Å². The predicted molar refractivity (Wildman–Crippen MR) is 84.3 cm³/mol. The molecule has 0 unspecified atom stereocenters. The Balaban J connectivity index is 1.86. The number of nitrogens with one attached hydrogen (secondary N) is 1. The first-order chi connectivity index (χ1) is 10.2. The van der Waals surface area contributed by atoms with Crippen LogP contribution in [0.15, 0.2) is 29.3 Å². The summed E-state index contributed by atoms with van der Waals surface area (Å²) < 4.78 is 5.12. The maximum absolute atomic E-state index is 11.8. The molecule has 5 heteroatoms. The van der Waals surface area contributed by atoms with Gasteiger partial charge in [-0.25, -0.2) is 0 Å². The fourth-order valence-corrected chi connectivity index (χ4v) is 2.07. The molecule has 1 aliphatic carbocycles. The monoisotopic (exact) mass is 303 g/mol. The number of carbonyl (C=O) groups is 1. The SMILES string of the molecule is C[C@@H]1C[C@H]1C(=O)Nc1ccc(CN=C([O-])OC(C)(C)C)cc1. The van der Waals surface area contributed by atoms with Gasteiger partial charge in [0.1, 0.15) is 6.08 Å². The Labute approximate surface area is 131 Å². The zero-order chi connectivity index (χ0) is 16.3. The number of amides is 1. The number of benzene rings is 1. The number of hydrogen-bond acceptors (Lipinski definition) is 4. The van der Waals surface area contributed by atoms with Crippen LogP contribution in [0.25, 0.3) is 0 Å². The smallest absolute Gasteiger partial charge is 0.227 e. The fourth-order valence-electron chi connectivity index (χ4n) is 2.07. The highest BCUT2D eigenvalue weighted by molar-refractivity contribution is 5.94.